The van der Waals surface area contributed by atoms with Gasteiger partial charge in [-0.3, -0.25) is 0 Å². The second-order valence-corrected chi connectivity index (χ2v) is 3.68. The molecule has 1 rings (SSSR count). The van der Waals surface area contributed by atoms with E-state index in [1.165, 1.54) is 19.4 Å². The van der Waals surface area contributed by atoms with Crippen molar-refractivity contribution in [2.45, 2.75) is 19.8 Å². The summed E-state index contributed by atoms with van der Waals surface area (Å²) in [5, 5.41) is 3.37. The van der Waals surface area contributed by atoms with Crippen molar-refractivity contribution in [1.29, 1.82) is 0 Å². The van der Waals surface area contributed by atoms with Gasteiger partial charge < -0.3 is 10.1 Å². The molecule has 3 heteroatoms. The summed E-state index contributed by atoms with van der Waals surface area (Å²) in [6.45, 7) is 9.70. The van der Waals surface area contributed by atoms with Crippen LogP contribution in [0.2, 0.25) is 0 Å². The zero-order valence-electron chi connectivity index (χ0n) is 8.34. The summed E-state index contributed by atoms with van der Waals surface area (Å²) in [4.78, 5) is 0. The van der Waals surface area contributed by atoms with Gasteiger partial charge in [0.05, 0.1) is 13.2 Å². The number of halogens is 1. The fraction of sp³-hybridized carbons (Fsp3) is 0.800. The molecule has 0 saturated carbocycles. The number of hydrogen-bond acceptors (Lipinski definition) is 2. The van der Waals surface area contributed by atoms with Crippen LogP contribution in [0.25, 0.3) is 0 Å². The summed E-state index contributed by atoms with van der Waals surface area (Å²) in [5.74, 6) is 0.720. The lowest BCUT2D eigenvalue weighted by Crippen LogP contribution is -2.32. The standard InChI is InChI=1S/C10H19NO.ClH/c1-9(2)7-12-8-10-4-3-5-11-6-10;/h10-11H,1,3-8H2,2H3;1H. The SMILES string of the molecule is C=C(C)COCC1CCCNC1.Cl. The Hall–Kier alpha value is -0.0500. The molecule has 1 saturated heterocycles. The minimum absolute atomic E-state index is 0. The van der Waals surface area contributed by atoms with E-state index in [0.717, 1.165) is 31.2 Å². The van der Waals surface area contributed by atoms with Gasteiger partial charge in [-0.15, -0.1) is 12.4 Å². The molecular formula is C10H20ClNO. The Labute approximate surface area is 87.1 Å². The second kappa shape index (κ2) is 7.36. The largest absolute Gasteiger partial charge is 0.377 e. The Bertz CT molecular complexity index is 144. The molecular weight excluding hydrogens is 186 g/mol. The lowest BCUT2D eigenvalue weighted by Gasteiger charge is -2.22. The minimum atomic E-state index is 0. The Morgan fingerprint density at radius 2 is 2.38 bits per heavy atom. The van der Waals surface area contributed by atoms with Crippen molar-refractivity contribution in [3.63, 3.8) is 0 Å². The van der Waals surface area contributed by atoms with Crippen molar-refractivity contribution in [1.82, 2.24) is 5.32 Å². The van der Waals surface area contributed by atoms with E-state index in [2.05, 4.69) is 11.9 Å². The molecule has 1 heterocycles. The quantitative estimate of drug-likeness (QED) is 0.709. The molecule has 0 aliphatic carbocycles. The van der Waals surface area contributed by atoms with Gasteiger partial charge in [0.2, 0.25) is 0 Å². The maximum absolute atomic E-state index is 5.50. The molecule has 1 fully saturated rings. The van der Waals surface area contributed by atoms with E-state index in [4.69, 9.17) is 4.74 Å². The van der Waals surface area contributed by atoms with Crippen LogP contribution in [0.5, 0.6) is 0 Å². The molecule has 1 aliphatic heterocycles. The summed E-state index contributed by atoms with van der Waals surface area (Å²) in [5.41, 5.74) is 1.11. The van der Waals surface area contributed by atoms with Crippen LogP contribution in [0.4, 0.5) is 0 Å². The van der Waals surface area contributed by atoms with Crippen molar-refractivity contribution in [2.24, 2.45) is 5.92 Å². The third-order valence-corrected chi connectivity index (χ3v) is 2.10. The number of rotatable bonds is 4. The highest BCUT2D eigenvalue weighted by Gasteiger charge is 2.12. The lowest BCUT2D eigenvalue weighted by molar-refractivity contribution is 0.107. The fourth-order valence-electron chi connectivity index (χ4n) is 1.47. The summed E-state index contributed by atoms with van der Waals surface area (Å²) in [6, 6.07) is 0. The highest BCUT2D eigenvalue weighted by molar-refractivity contribution is 5.85. The van der Waals surface area contributed by atoms with Gasteiger partial charge in [-0.25, -0.2) is 0 Å². The fourth-order valence-corrected chi connectivity index (χ4v) is 1.47. The maximum Gasteiger partial charge on any atom is 0.0671 e. The van der Waals surface area contributed by atoms with Crippen molar-refractivity contribution < 1.29 is 4.74 Å². The first-order chi connectivity index (χ1) is 5.79. The first-order valence-electron chi connectivity index (χ1n) is 4.72. The van der Waals surface area contributed by atoms with Crippen molar-refractivity contribution >= 4 is 12.4 Å². The molecule has 0 spiro atoms. The highest BCUT2D eigenvalue weighted by Crippen LogP contribution is 2.10. The number of piperidine rings is 1. The molecule has 78 valence electrons. The normalized spacial score (nSPS) is 22.1. The van der Waals surface area contributed by atoms with Gasteiger partial charge in [-0.1, -0.05) is 12.2 Å². The van der Waals surface area contributed by atoms with Crippen molar-refractivity contribution in [3.8, 4) is 0 Å². The van der Waals surface area contributed by atoms with E-state index < -0.39 is 0 Å². The molecule has 13 heavy (non-hydrogen) atoms. The van der Waals surface area contributed by atoms with Crippen LogP contribution in [0.15, 0.2) is 12.2 Å². The van der Waals surface area contributed by atoms with Crippen LogP contribution in [-0.2, 0) is 4.74 Å². The number of ether oxygens (including phenoxy) is 1. The molecule has 0 bridgehead atoms. The van der Waals surface area contributed by atoms with Gasteiger partial charge >= 0.3 is 0 Å². The van der Waals surface area contributed by atoms with Gasteiger partial charge in [0.1, 0.15) is 0 Å². The summed E-state index contributed by atoms with van der Waals surface area (Å²) < 4.78 is 5.50. The molecule has 2 nitrogen and oxygen atoms in total. The molecule has 0 aromatic rings. The molecule has 1 N–H and O–H groups in total. The van der Waals surface area contributed by atoms with Crippen molar-refractivity contribution in [3.05, 3.63) is 12.2 Å². The zero-order valence-corrected chi connectivity index (χ0v) is 9.16. The predicted octanol–water partition coefficient (Wildman–Crippen LogP) is 2.00. The monoisotopic (exact) mass is 205 g/mol. The molecule has 1 atom stereocenters. The molecule has 0 radical (unpaired) electrons. The summed E-state index contributed by atoms with van der Waals surface area (Å²) in [7, 11) is 0. The molecule has 1 unspecified atom stereocenters. The Kier molecular flexibility index (Phi) is 7.33. The number of nitrogens with one attached hydrogen (secondary N) is 1. The van der Waals surface area contributed by atoms with Crippen LogP contribution in [0.1, 0.15) is 19.8 Å². The van der Waals surface area contributed by atoms with E-state index in [-0.39, 0.29) is 12.4 Å². The Morgan fingerprint density at radius 3 is 2.92 bits per heavy atom. The summed E-state index contributed by atoms with van der Waals surface area (Å²) >= 11 is 0. The van der Waals surface area contributed by atoms with Crippen LogP contribution in [0.3, 0.4) is 0 Å². The van der Waals surface area contributed by atoms with E-state index >= 15 is 0 Å². The van der Waals surface area contributed by atoms with E-state index in [9.17, 15) is 0 Å². The molecule has 0 amide bonds. The first kappa shape index (κ1) is 12.9. The number of hydrogen-bond donors (Lipinski definition) is 1. The third-order valence-electron chi connectivity index (χ3n) is 2.10. The average Bonchev–Trinajstić information content (AvgIpc) is 2.05. The van der Waals surface area contributed by atoms with Crippen LogP contribution >= 0.6 is 12.4 Å². The first-order valence-corrected chi connectivity index (χ1v) is 4.72. The van der Waals surface area contributed by atoms with Gasteiger partial charge in [0.15, 0.2) is 0 Å². The highest BCUT2D eigenvalue weighted by atomic mass is 35.5. The van der Waals surface area contributed by atoms with Crippen LogP contribution in [0, 0.1) is 5.92 Å². The maximum atomic E-state index is 5.50. The van der Waals surface area contributed by atoms with Crippen LogP contribution < -0.4 is 5.32 Å². The van der Waals surface area contributed by atoms with Gasteiger partial charge in [0, 0.05) is 6.54 Å². The Balaban J connectivity index is 0.00000144. The Morgan fingerprint density at radius 1 is 1.62 bits per heavy atom. The summed E-state index contributed by atoms with van der Waals surface area (Å²) in [6.07, 6.45) is 2.60. The average molecular weight is 206 g/mol. The lowest BCUT2D eigenvalue weighted by atomic mass is 10.0. The van der Waals surface area contributed by atoms with Gasteiger partial charge in [0.25, 0.3) is 0 Å². The van der Waals surface area contributed by atoms with Gasteiger partial charge in [-0.05, 0) is 32.2 Å². The van der Waals surface area contributed by atoms with E-state index in [1.807, 2.05) is 6.92 Å². The predicted molar refractivity (Wildman–Crippen MR) is 58.5 cm³/mol. The zero-order chi connectivity index (χ0) is 8.81. The molecule has 0 aromatic heterocycles. The minimum Gasteiger partial charge on any atom is -0.377 e. The second-order valence-electron chi connectivity index (χ2n) is 3.68. The van der Waals surface area contributed by atoms with Crippen molar-refractivity contribution in [2.75, 3.05) is 26.3 Å². The van der Waals surface area contributed by atoms with Crippen LogP contribution in [-0.4, -0.2) is 26.3 Å². The topological polar surface area (TPSA) is 21.3 Å². The van der Waals surface area contributed by atoms with E-state index in [0.29, 0.717) is 0 Å². The van der Waals surface area contributed by atoms with Gasteiger partial charge in [-0.2, -0.15) is 0 Å². The smallest absolute Gasteiger partial charge is 0.0671 e. The van der Waals surface area contributed by atoms with E-state index in [1.54, 1.807) is 0 Å². The molecule has 1 aliphatic rings. The third kappa shape index (κ3) is 6.08. The molecule has 0 aromatic carbocycles.